The molecular formula is C8H10O. The normalized spacial score (nSPS) is 60.2. The molecule has 0 aromatic rings. The molecule has 0 unspecified atom stereocenters. The van der Waals surface area contributed by atoms with Crippen LogP contribution in [0.5, 0.6) is 0 Å². The number of hydrogen-bond acceptors (Lipinski definition) is 1. The van der Waals surface area contributed by atoms with Crippen molar-refractivity contribution in [3.05, 3.63) is 0 Å². The number of rotatable bonds is 0. The first kappa shape index (κ1) is 4.48. The van der Waals surface area contributed by atoms with Crippen LogP contribution in [-0.2, 0) is 4.79 Å². The first-order valence-corrected chi connectivity index (χ1v) is 3.91. The van der Waals surface area contributed by atoms with E-state index in [0.29, 0.717) is 17.6 Å². The van der Waals surface area contributed by atoms with Gasteiger partial charge in [0.15, 0.2) is 0 Å². The van der Waals surface area contributed by atoms with Gasteiger partial charge in [0, 0.05) is 11.8 Å². The first-order chi connectivity index (χ1) is 4.38. The molecule has 0 radical (unpaired) electrons. The lowest BCUT2D eigenvalue weighted by Gasteiger charge is -2.02. The molecule has 1 nitrogen and oxygen atoms in total. The van der Waals surface area contributed by atoms with Crippen LogP contribution in [0.25, 0.3) is 0 Å². The molecule has 0 aliphatic heterocycles. The number of hydrogen-bond donors (Lipinski definition) is 0. The maximum Gasteiger partial charge on any atom is 0.139 e. The van der Waals surface area contributed by atoms with Gasteiger partial charge in [0.2, 0.25) is 0 Å². The Morgan fingerprint density at radius 1 is 1.11 bits per heavy atom. The van der Waals surface area contributed by atoms with Gasteiger partial charge in [-0.25, -0.2) is 0 Å². The lowest BCUT2D eigenvalue weighted by molar-refractivity contribution is -0.122. The quantitative estimate of drug-likeness (QED) is 0.472. The lowest BCUT2D eigenvalue weighted by Crippen LogP contribution is -2.07. The van der Waals surface area contributed by atoms with Gasteiger partial charge in [0.25, 0.3) is 0 Å². The van der Waals surface area contributed by atoms with Crippen LogP contribution in [0.15, 0.2) is 0 Å². The molecule has 0 aromatic carbocycles. The molecule has 0 saturated heterocycles. The maximum absolute atomic E-state index is 11.2. The Bertz CT molecular complexity index is 167. The van der Waals surface area contributed by atoms with E-state index in [1.807, 2.05) is 0 Å². The van der Waals surface area contributed by atoms with Gasteiger partial charge < -0.3 is 0 Å². The molecule has 3 aliphatic carbocycles. The van der Waals surface area contributed by atoms with E-state index >= 15 is 0 Å². The Balaban J connectivity index is 2.09. The summed E-state index contributed by atoms with van der Waals surface area (Å²) < 4.78 is 0. The molecule has 0 heterocycles. The average molecular weight is 122 g/mol. The van der Waals surface area contributed by atoms with E-state index < -0.39 is 0 Å². The standard InChI is InChI=1S/C8H10O/c9-8-4-1-2-5(8)7-3-6(4)7/h4-7H,1-3H2/t4-,5-,6-,7+/m1/s1. The fourth-order valence-electron chi connectivity index (χ4n) is 2.93. The van der Waals surface area contributed by atoms with Crippen molar-refractivity contribution in [3.63, 3.8) is 0 Å². The summed E-state index contributed by atoms with van der Waals surface area (Å²) in [5, 5.41) is 0. The Kier molecular flexibility index (Phi) is 0.544. The van der Waals surface area contributed by atoms with E-state index in [9.17, 15) is 4.79 Å². The van der Waals surface area contributed by atoms with Crippen molar-refractivity contribution in [1.82, 2.24) is 0 Å². The fraction of sp³-hybridized carbons (Fsp3) is 0.875. The second-order valence-corrected chi connectivity index (χ2v) is 3.76. The highest BCUT2D eigenvalue weighted by atomic mass is 16.1. The molecule has 3 saturated carbocycles. The van der Waals surface area contributed by atoms with Crippen LogP contribution < -0.4 is 0 Å². The van der Waals surface area contributed by atoms with Gasteiger partial charge in [0.05, 0.1) is 0 Å². The summed E-state index contributed by atoms with van der Waals surface area (Å²) in [7, 11) is 0. The third-order valence-electron chi connectivity index (χ3n) is 3.44. The average Bonchev–Trinajstić information content (AvgIpc) is 2.53. The largest absolute Gasteiger partial charge is 0.299 e. The van der Waals surface area contributed by atoms with Gasteiger partial charge >= 0.3 is 0 Å². The minimum Gasteiger partial charge on any atom is -0.299 e. The highest BCUT2D eigenvalue weighted by Crippen LogP contribution is 2.63. The SMILES string of the molecule is O=C1[C@@H]2CC[C@@H]1[C@H]1C[C@H]12. The Morgan fingerprint density at radius 2 is 1.67 bits per heavy atom. The molecule has 0 amide bonds. The number of ketones is 1. The zero-order valence-electron chi connectivity index (χ0n) is 5.34. The van der Waals surface area contributed by atoms with Crippen molar-refractivity contribution in [2.75, 3.05) is 0 Å². The number of carbonyl (C=O) groups excluding carboxylic acids is 1. The van der Waals surface area contributed by atoms with Crippen LogP contribution in [0.2, 0.25) is 0 Å². The van der Waals surface area contributed by atoms with Gasteiger partial charge in [-0.05, 0) is 31.1 Å². The zero-order valence-corrected chi connectivity index (χ0v) is 5.34. The molecule has 4 atom stereocenters. The molecule has 48 valence electrons. The van der Waals surface area contributed by atoms with Crippen molar-refractivity contribution in [3.8, 4) is 0 Å². The maximum atomic E-state index is 11.2. The molecule has 0 spiro atoms. The molecule has 3 aliphatic rings. The highest BCUT2D eigenvalue weighted by Gasteiger charge is 2.62. The predicted octanol–water partition coefficient (Wildman–Crippen LogP) is 1.23. The number of fused-ring (bicyclic) bond motifs is 5. The van der Waals surface area contributed by atoms with Crippen LogP contribution in [0.4, 0.5) is 0 Å². The monoisotopic (exact) mass is 122 g/mol. The first-order valence-electron chi connectivity index (χ1n) is 3.91. The summed E-state index contributed by atoms with van der Waals surface area (Å²) in [6, 6.07) is 0. The topological polar surface area (TPSA) is 17.1 Å². The predicted molar refractivity (Wildman–Crippen MR) is 32.8 cm³/mol. The van der Waals surface area contributed by atoms with Gasteiger partial charge in [-0.15, -0.1) is 0 Å². The Labute approximate surface area is 54.4 Å². The van der Waals surface area contributed by atoms with Crippen molar-refractivity contribution in [2.24, 2.45) is 23.7 Å². The van der Waals surface area contributed by atoms with Crippen LogP contribution >= 0.6 is 0 Å². The minimum atomic E-state index is 0.542. The van der Waals surface area contributed by atoms with E-state index in [4.69, 9.17) is 0 Å². The summed E-state index contributed by atoms with van der Waals surface area (Å²) in [4.78, 5) is 11.2. The van der Waals surface area contributed by atoms with Crippen molar-refractivity contribution in [1.29, 1.82) is 0 Å². The lowest BCUT2D eigenvalue weighted by atomic mass is 10.0. The summed E-state index contributed by atoms with van der Waals surface area (Å²) >= 11 is 0. The van der Waals surface area contributed by atoms with Crippen molar-refractivity contribution < 1.29 is 4.79 Å². The second-order valence-electron chi connectivity index (χ2n) is 3.76. The van der Waals surface area contributed by atoms with Gasteiger partial charge in [0.1, 0.15) is 5.78 Å². The fourth-order valence-corrected chi connectivity index (χ4v) is 2.93. The molecule has 0 aromatic heterocycles. The molecule has 3 fully saturated rings. The Morgan fingerprint density at radius 3 is 2.00 bits per heavy atom. The van der Waals surface area contributed by atoms with Crippen LogP contribution in [0.1, 0.15) is 19.3 Å². The van der Waals surface area contributed by atoms with Gasteiger partial charge in [-0.2, -0.15) is 0 Å². The van der Waals surface area contributed by atoms with Crippen LogP contribution in [0, 0.1) is 23.7 Å². The summed E-state index contributed by atoms with van der Waals surface area (Å²) in [5.74, 6) is 3.45. The van der Waals surface area contributed by atoms with E-state index in [0.717, 1.165) is 11.8 Å². The van der Waals surface area contributed by atoms with Crippen molar-refractivity contribution >= 4 is 5.78 Å². The van der Waals surface area contributed by atoms with E-state index in [1.54, 1.807) is 0 Å². The third kappa shape index (κ3) is 0.347. The zero-order chi connectivity index (χ0) is 6.01. The summed E-state index contributed by atoms with van der Waals surface area (Å²) in [5.41, 5.74) is 0. The summed E-state index contributed by atoms with van der Waals surface area (Å²) in [6.07, 6.45) is 3.84. The smallest absolute Gasteiger partial charge is 0.139 e. The molecule has 1 heteroatoms. The molecule has 2 bridgehead atoms. The Hall–Kier alpha value is -0.330. The number of carbonyl (C=O) groups is 1. The molecular weight excluding hydrogens is 112 g/mol. The van der Waals surface area contributed by atoms with Crippen LogP contribution in [-0.4, -0.2) is 5.78 Å². The van der Waals surface area contributed by atoms with E-state index in [-0.39, 0.29) is 0 Å². The third-order valence-corrected chi connectivity index (χ3v) is 3.44. The summed E-state index contributed by atoms with van der Waals surface area (Å²) in [6.45, 7) is 0. The highest BCUT2D eigenvalue weighted by molar-refractivity contribution is 5.89. The number of Topliss-reactive ketones (excluding diaryl/α,β-unsaturated/α-hetero) is 1. The minimum absolute atomic E-state index is 0.542. The van der Waals surface area contributed by atoms with Gasteiger partial charge in [-0.1, -0.05) is 0 Å². The van der Waals surface area contributed by atoms with E-state index in [1.165, 1.54) is 19.3 Å². The van der Waals surface area contributed by atoms with Gasteiger partial charge in [-0.3, -0.25) is 4.79 Å². The molecule has 9 heavy (non-hydrogen) atoms. The molecule has 3 rings (SSSR count). The van der Waals surface area contributed by atoms with Crippen molar-refractivity contribution in [2.45, 2.75) is 19.3 Å². The second kappa shape index (κ2) is 1.09. The van der Waals surface area contributed by atoms with E-state index in [2.05, 4.69) is 0 Å². The molecule has 0 N–H and O–H groups in total. The van der Waals surface area contributed by atoms with Crippen LogP contribution in [0.3, 0.4) is 0 Å².